The number of carbonyl (C=O) groups is 1. The molecule has 2 rings (SSSR count). The van der Waals surface area contributed by atoms with Crippen LogP contribution in [0.5, 0.6) is 11.5 Å². The van der Waals surface area contributed by atoms with Crippen molar-refractivity contribution in [1.29, 1.82) is 0 Å². The molecule has 110 valence electrons. The van der Waals surface area contributed by atoms with Crippen LogP contribution < -0.4 is 9.47 Å². The van der Waals surface area contributed by atoms with Crippen LogP contribution in [-0.4, -0.2) is 27.3 Å². The topological polar surface area (TPSA) is 44.8 Å². The maximum Gasteiger partial charge on any atom is 0.317 e. The molecule has 4 nitrogen and oxygen atoms in total. The molecule has 0 heterocycles. The highest BCUT2D eigenvalue weighted by atomic mass is 16.5. The molecule has 0 bridgehead atoms. The van der Waals surface area contributed by atoms with Gasteiger partial charge >= 0.3 is 5.97 Å². The number of hydrogen-bond donors (Lipinski definition) is 0. The van der Waals surface area contributed by atoms with Gasteiger partial charge in [0, 0.05) is 5.56 Å². The molecule has 0 aliphatic rings. The SMILES string of the molecule is COC(=O)C(c1ccccc1)c1cc(OC)ccc1OC. The van der Waals surface area contributed by atoms with Gasteiger partial charge in [0.1, 0.15) is 17.4 Å². The lowest BCUT2D eigenvalue weighted by Crippen LogP contribution is -2.16. The Kier molecular flexibility index (Phi) is 4.82. The van der Waals surface area contributed by atoms with Crippen molar-refractivity contribution in [2.24, 2.45) is 0 Å². The van der Waals surface area contributed by atoms with E-state index in [4.69, 9.17) is 14.2 Å². The standard InChI is InChI=1S/C17H18O4/c1-19-13-9-10-15(20-2)14(11-13)16(17(18)21-3)12-7-5-4-6-8-12/h4-11,16H,1-3H3. The average molecular weight is 286 g/mol. The molecule has 2 aromatic carbocycles. The number of esters is 1. The van der Waals surface area contributed by atoms with Gasteiger partial charge in [0.2, 0.25) is 0 Å². The summed E-state index contributed by atoms with van der Waals surface area (Å²) in [6, 6.07) is 14.8. The number of benzene rings is 2. The third-order valence-electron chi connectivity index (χ3n) is 3.32. The van der Waals surface area contributed by atoms with Crippen molar-refractivity contribution in [1.82, 2.24) is 0 Å². The Bertz CT molecular complexity index is 607. The van der Waals surface area contributed by atoms with Crippen molar-refractivity contribution < 1.29 is 19.0 Å². The fourth-order valence-corrected chi connectivity index (χ4v) is 2.27. The minimum Gasteiger partial charge on any atom is -0.497 e. The number of rotatable bonds is 5. The van der Waals surface area contributed by atoms with Crippen LogP contribution in [-0.2, 0) is 9.53 Å². The second-order valence-corrected chi connectivity index (χ2v) is 4.47. The maximum absolute atomic E-state index is 12.3. The van der Waals surface area contributed by atoms with E-state index in [1.54, 1.807) is 32.4 Å². The Morgan fingerprint density at radius 2 is 1.67 bits per heavy atom. The molecule has 0 aliphatic heterocycles. The number of hydrogen-bond acceptors (Lipinski definition) is 4. The zero-order valence-corrected chi connectivity index (χ0v) is 12.3. The molecule has 4 heteroatoms. The van der Waals surface area contributed by atoms with Crippen molar-refractivity contribution in [2.45, 2.75) is 5.92 Å². The Balaban J connectivity index is 2.58. The van der Waals surface area contributed by atoms with E-state index in [2.05, 4.69) is 0 Å². The molecular formula is C17H18O4. The van der Waals surface area contributed by atoms with Crippen molar-refractivity contribution in [2.75, 3.05) is 21.3 Å². The van der Waals surface area contributed by atoms with Crippen molar-refractivity contribution in [3.8, 4) is 11.5 Å². The highest BCUT2D eigenvalue weighted by Gasteiger charge is 2.27. The fourth-order valence-electron chi connectivity index (χ4n) is 2.27. The van der Waals surface area contributed by atoms with Crippen LogP contribution in [0.25, 0.3) is 0 Å². The summed E-state index contributed by atoms with van der Waals surface area (Å²) in [6.07, 6.45) is 0. The number of carbonyl (C=O) groups excluding carboxylic acids is 1. The Morgan fingerprint density at radius 1 is 0.952 bits per heavy atom. The molecule has 2 aromatic rings. The van der Waals surface area contributed by atoms with E-state index in [9.17, 15) is 4.79 Å². The van der Waals surface area contributed by atoms with E-state index in [-0.39, 0.29) is 5.97 Å². The first kappa shape index (κ1) is 14.9. The molecule has 1 unspecified atom stereocenters. The Labute approximate surface area is 124 Å². The predicted molar refractivity (Wildman–Crippen MR) is 79.8 cm³/mol. The molecule has 0 spiro atoms. The summed E-state index contributed by atoms with van der Waals surface area (Å²) in [5.74, 6) is 0.389. The Morgan fingerprint density at radius 3 is 2.24 bits per heavy atom. The summed E-state index contributed by atoms with van der Waals surface area (Å²) >= 11 is 0. The Hall–Kier alpha value is -2.49. The third kappa shape index (κ3) is 3.16. The third-order valence-corrected chi connectivity index (χ3v) is 3.32. The lowest BCUT2D eigenvalue weighted by Gasteiger charge is -2.19. The van der Waals surface area contributed by atoms with Crippen LogP contribution in [0.1, 0.15) is 17.0 Å². The monoisotopic (exact) mass is 286 g/mol. The van der Waals surface area contributed by atoms with Crippen molar-refractivity contribution in [3.05, 3.63) is 59.7 Å². The summed E-state index contributed by atoms with van der Waals surface area (Å²) in [4.78, 5) is 12.3. The molecule has 1 atom stereocenters. The highest BCUT2D eigenvalue weighted by Crippen LogP contribution is 2.35. The summed E-state index contributed by atoms with van der Waals surface area (Å²) in [6.45, 7) is 0. The minimum atomic E-state index is -0.554. The van der Waals surface area contributed by atoms with Gasteiger partial charge in [-0.25, -0.2) is 0 Å². The first-order chi connectivity index (χ1) is 10.2. The first-order valence-corrected chi connectivity index (χ1v) is 6.56. The lowest BCUT2D eigenvalue weighted by atomic mass is 9.90. The van der Waals surface area contributed by atoms with Gasteiger partial charge in [-0.2, -0.15) is 0 Å². The second-order valence-electron chi connectivity index (χ2n) is 4.47. The quantitative estimate of drug-likeness (QED) is 0.793. The van der Waals surface area contributed by atoms with Crippen molar-refractivity contribution >= 4 is 5.97 Å². The van der Waals surface area contributed by atoms with Gasteiger partial charge in [0.05, 0.1) is 21.3 Å². The van der Waals surface area contributed by atoms with E-state index in [1.165, 1.54) is 7.11 Å². The summed E-state index contributed by atoms with van der Waals surface area (Å²) < 4.78 is 15.6. The number of methoxy groups -OCH3 is 3. The van der Waals surface area contributed by atoms with E-state index >= 15 is 0 Å². The van der Waals surface area contributed by atoms with Gasteiger partial charge in [-0.1, -0.05) is 30.3 Å². The largest absolute Gasteiger partial charge is 0.497 e. The van der Waals surface area contributed by atoms with Crippen LogP contribution in [0.2, 0.25) is 0 Å². The normalized spacial score (nSPS) is 11.6. The van der Waals surface area contributed by atoms with E-state index in [0.29, 0.717) is 11.5 Å². The fraction of sp³-hybridized carbons (Fsp3) is 0.235. The minimum absolute atomic E-state index is 0.340. The average Bonchev–Trinajstić information content (AvgIpc) is 2.55. The van der Waals surface area contributed by atoms with Gasteiger partial charge < -0.3 is 14.2 Å². The van der Waals surface area contributed by atoms with Crippen LogP contribution >= 0.6 is 0 Å². The predicted octanol–water partition coefficient (Wildman–Crippen LogP) is 3.01. The molecule has 0 fully saturated rings. The molecule has 0 aromatic heterocycles. The molecular weight excluding hydrogens is 268 g/mol. The van der Waals surface area contributed by atoms with Gasteiger partial charge in [-0.3, -0.25) is 4.79 Å². The highest BCUT2D eigenvalue weighted by molar-refractivity contribution is 5.83. The zero-order valence-electron chi connectivity index (χ0n) is 12.3. The van der Waals surface area contributed by atoms with Crippen molar-refractivity contribution in [3.63, 3.8) is 0 Å². The van der Waals surface area contributed by atoms with Gasteiger partial charge in [-0.05, 0) is 23.8 Å². The summed E-state index contributed by atoms with van der Waals surface area (Å²) in [7, 11) is 4.54. The van der Waals surface area contributed by atoms with E-state index in [1.807, 2.05) is 30.3 Å². The number of ether oxygens (including phenoxy) is 3. The van der Waals surface area contributed by atoms with E-state index < -0.39 is 5.92 Å². The van der Waals surface area contributed by atoms with Gasteiger partial charge in [-0.15, -0.1) is 0 Å². The molecule has 21 heavy (non-hydrogen) atoms. The van der Waals surface area contributed by atoms with Crippen LogP contribution in [0.3, 0.4) is 0 Å². The molecule has 0 saturated carbocycles. The second kappa shape index (κ2) is 6.79. The van der Waals surface area contributed by atoms with Crippen LogP contribution in [0.15, 0.2) is 48.5 Å². The molecule has 0 N–H and O–H groups in total. The summed E-state index contributed by atoms with van der Waals surface area (Å²) in [5.41, 5.74) is 1.56. The van der Waals surface area contributed by atoms with E-state index in [0.717, 1.165) is 11.1 Å². The summed E-state index contributed by atoms with van der Waals surface area (Å²) in [5, 5.41) is 0. The van der Waals surface area contributed by atoms with Crippen LogP contribution in [0.4, 0.5) is 0 Å². The molecule has 0 saturated heterocycles. The first-order valence-electron chi connectivity index (χ1n) is 6.56. The van der Waals surface area contributed by atoms with Crippen LogP contribution in [0, 0.1) is 0 Å². The maximum atomic E-state index is 12.3. The van der Waals surface area contributed by atoms with Gasteiger partial charge in [0.15, 0.2) is 0 Å². The van der Waals surface area contributed by atoms with Gasteiger partial charge in [0.25, 0.3) is 0 Å². The smallest absolute Gasteiger partial charge is 0.317 e. The zero-order chi connectivity index (χ0) is 15.2. The lowest BCUT2D eigenvalue weighted by molar-refractivity contribution is -0.141. The molecule has 0 radical (unpaired) electrons. The molecule has 0 amide bonds. The molecule has 0 aliphatic carbocycles.